The monoisotopic (exact) mass is 180 g/mol. The second kappa shape index (κ2) is 3.98. The first kappa shape index (κ1) is 9.64. The summed E-state index contributed by atoms with van der Waals surface area (Å²) >= 11 is 0. The zero-order valence-corrected chi connectivity index (χ0v) is 7.69. The third-order valence-electron chi connectivity index (χ3n) is 1.74. The van der Waals surface area contributed by atoms with Crippen LogP contribution < -0.4 is 0 Å². The zero-order chi connectivity index (χ0) is 9.84. The van der Waals surface area contributed by atoms with Crippen molar-refractivity contribution in [3.05, 3.63) is 23.8 Å². The Labute approximate surface area is 76.7 Å². The molecule has 0 bridgehead atoms. The molecule has 1 N–H and O–H groups in total. The van der Waals surface area contributed by atoms with Crippen molar-refractivity contribution in [1.82, 2.24) is 9.97 Å². The van der Waals surface area contributed by atoms with Crippen molar-refractivity contribution < 1.29 is 9.90 Å². The number of hydrogen-bond acceptors (Lipinski definition) is 3. The summed E-state index contributed by atoms with van der Waals surface area (Å²) in [5.41, 5.74) is 0.863. The summed E-state index contributed by atoms with van der Waals surface area (Å²) in [7, 11) is 0. The lowest BCUT2D eigenvalue weighted by molar-refractivity contribution is -0.137. The van der Waals surface area contributed by atoms with Crippen LogP contribution in [-0.4, -0.2) is 21.0 Å². The molecular weight excluding hydrogens is 168 g/mol. The van der Waals surface area contributed by atoms with Crippen molar-refractivity contribution >= 4 is 5.97 Å². The first-order valence-corrected chi connectivity index (χ1v) is 4.11. The van der Waals surface area contributed by atoms with Crippen molar-refractivity contribution in [3.63, 3.8) is 0 Å². The average Bonchev–Trinajstić information content (AvgIpc) is 2.03. The fourth-order valence-electron chi connectivity index (χ4n) is 1.06. The van der Waals surface area contributed by atoms with Gasteiger partial charge in [0, 0.05) is 17.8 Å². The Morgan fingerprint density at radius 2 is 2.38 bits per heavy atom. The van der Waals surface area contributed by atoms with Gasteiger partial charge >= 0.3 is 5.97 Å². The molecule has 0 fully saturated rings. The molecule has 0 spiro atoms. The zero-order valence-electron chi connectivity index (χ0n) is 7.69. The molecule has 0 aromatic carbocycles. The predicted molar refractivity (Wildman–Crippen MR) is 47.4 cm³/mol. The van der Waals surface area contributed by atoms with Gasteiger partial charge in [-0.3, -0.25) is 4.79 Å². The molecule has 1 heterocycles. The van der Waals surface area contributed by atoms with E-state index < -0.39 is 5.97 Å². The normalized spacial score (nSPS) is 12.5. The molecule has 0 radical (unpaired) electrons. The molecular formula is C9H12N2O2. The Bertz CT molecular complexity index is 312. The highest BCUT2D eigenvalue weighted by Gasteiger charge is 2.12. The highest BCUT2D eigenvalue weighted by Crippen LogP contribution is 2.13. The lowest BCUT2D eigenvalue weighted by atomic mass is 10.1. The molecule has 0 amide bonds. The number of carbonyl (C=O) groups is 1. The van der Waals surface area contributed by atoms with Crippen LogP contribution in [0.15, 0.2) is 12.3 Å². The van der Waals surface area contributed by atoms with Gasteiger partial charge in [0.1, 0.15) is 5.82 Å². The third-order valence-corrected chi connectivity index (χ3v) is 1.74. The second-order valence-corrected chi connectivity index (χ2v) is 3.06. The standard InChI is InChI=1S/C9H12N2O2/c1-6(5-8(12)13)9-10-4-3-7(2)11-9/h3-4,6H,5H2,1-2H3,(H,12,13). The van der Waals surface area contributed by atoms with Crippen LogP contribution in [0.5, 0.6) is 0 Å². The third kappa shape index (κ3) is 2.82. The number of rotatable bonds is 3. The van der Waals surface area contributed by atoms with Crippen molar-refractivity contribution in [2.45, 2.75) is 26.2 Å². The van der Waals surface area contributed by atoms with E-state index >= 15 is 0 Å². The van der Waals surface area contributed by atoms with Crippen LogP contribution in [0.25, 0.3) is 0 Å². The summed E-state index contributed by atoms with van der Waals surface area (Å²) in [5, 5.41) is 8.56. The van der Waals surface area contributed by atoms with Crippen molar-refractivity contribution in [3.8, 4) is 0 Å². The highest BCUT2D eigenvalue weighted by atomic mass is 16.4. The minimum Gasteiger partial charge on any atom is -0.481 e. The van der Waals surface area contributed by atoms with Crippen LogP contribution >= 0.6 is 0 Å². The summed E-state index contributed by atoms with van der Waals surface area (Å²) in [6, 6.07) is 1.79. The van der Waals surface area contributed by atoms with E-state index in [-0.39, 0.29) is 12.3 Å². The molecule has 4 nitrogen and oxygen atoms in total. The first-order chi connectivity index (χ1) is 6.09. The van der Waals surface area contributed by atoms with E-state index in [1.807, 2.05) is 13.8 Å². The number of nitrogens with zero attached hydrogens (tertiary/aromatic N) is 2. The maximum Gasteiger partial charge on any atom is 0.304 e. The minimum absolute atomic E-state index is 0.0729. The molecule has 1 unspecified atom stereocenters. The van der Waals surface area contributed by atoms with Crippen LogP contribution in [0, 0.1) is 6.92 Å². The van der Waals surface area contributed by atoms with Gasteiger partial charge in [-0.05, 0) is 13.0 Å². The number of carboxylic acids is 1. The minimum atomic E-state index is -0.822. The van der Waals surface area contributed by atoms with Gasteiger partial charge in [-0.25, -0.2) is 9.97 Å². The number of aromatic nitrogens is 2. The Hall–Kier alpha value is -1.45. The largest absolute Gasteiger partial charge is 0.481 e. The fraction of sp³-hybridized carbons (Fsp3) is 0.444. The number of aliphatic carboxylic acids is 1. The lowest BCUT2D eigenvalue weighted by Crippen LogP contribution is -2.07. The molecule has 1 rings (SSSR count). The van der Waals surface area contributed by atoms with Crippen LogP contribution in [0.1, 0.15) is 30.8 Å². The molecule has 4 heteroatoms. The maximum atomic E-state index is 10.4. The molecule has 1 aromatic heterocycles. The van der Waals surface area contributed by atoms with Crippen LogP contribution in [0.3, 0.4) is 0 Å². The second-order valence-electron chi connectivity index (χ2n) is 3.06. The summed E-state index contributed by atoms with van der Waals surface area (Å²) < 4.78 is 0. The molecule has 0 aliphatic heterocycles. The van der Waals surface area contributed by atoms with Gasteiger partial charge in [-0.1, -0.05) is 6.92 Å². The smallest absolute Gasteiger partial charge is 0.304 e. The van der Waals surface area contributed by atoms with E-state index in [1.54, 1.807) is 12.3 Å². The van der Waals surface area contributed by atoms with E-state index in [2.05, 4.69) is 9.97 Å². The Kier molecular flexibility index (Phi) is 2.95. The van der Waals surface area contributed by atoms with Gasteiger partial charge < -0.3 is 5.11 Å². The highest BCUT2D eigenvalue weighted by molar-refractivity contribution is 5.67. The molecule has 0 aliphatic rings. The van der Waals surface area contributed by atoms with Crippen molar-refractivity contribution in [2.24, 2.45) is 0 Å². The molecule has 13 heavy (non-hydrogen) atoms. The average molecular weight is 180 g/mol. The van der Waals surface area contributed by atoms with E-state index in [4.69, 9.17) is 5.11 Å². The Morgan fingerprint density at radius 1 is 1.69 bits per heavy atom. The van der Waals surface area contributed by atoms with Crippen LogP contribution in [0.2, 0.25) is 0 Å². The SMILES string of the molecule is Cc1ccnc(C(C)CC(=O)O)n1. The topological polar surface area (TPSA) is 63.1 Å². The van der Waals surface area contributed by atoms with Gasteiger partial charge in [0.2, 0.25) is 0 Å². The molecule has 0 saturated heterocycles. The molecule has 0 aliphatic carbocycles. The fourth-order valence-corrected chi connectivity index (χ4v) is 1.06. The van der Waals surface area contributed by atoms with Gasteiger partial charge in [0.25, 0.3) is 0 Å². The Morgan fingerprint density at radius 3 is 2.92 bits per heavy atom. The molecule has 1 aromatic rings. The summed E-state index contributed by atoms with van der Waals surface area (Å²) in [5.74, 6) is -0.350. The van der Waals surface area contributed by atoms with Gasteiger partial charge in [0.05, 0.1) is 6.42 Å². The van der Waals surface area contributed by atoms with Crippen molar-refractivity contribution in [2.75, 3.05) is 0 Å². The lowest BCUT2D eigenvalue weighted by Gasteiger charge is -2.06. The Balaban J connectivity index is 2.76. The van der Waals surface area contributed by atoms with Gasteiger partial charge in [0.15, 0.2) is 0 Å². The number of carboxylic acid groups (broad SMARTS) is 1. The number of hydrogen-bond donors (Lipinski definition) is 1. The molecule has 0 saturated carbocycles. The maximum absolute atomic E-state index is 10.4. The van der Waals surface area contributed by atoms with E-state index in [1.165, 1.54) is 0 Å². The van der Waals surface area contributed by atoms with Crippen LogP contribution in [0.4, 0.5) is 0 Å². The number of aryl methyl sites for hydroxylation is 1. The van der Waals surface area contributed by atoms with E-state index in [9.17, 15) is 4.79 Å². The molecule has 70 valence electrons. The van der Waals surface area contributed by atoms with Crippen molar-refractivity contribution in [1.29, 1.82) is 0 Å². The summed E-state index contributed by atoms with van der Waals surface area (Å²) in [4.78, 5) is 18.6. The van der Waals surface area contributed by atoms with E-state index in [0.29, 0.717) is 5.82 Å². The van der Waals surface area contributed by atoms with Gasteiger partial charge in [-0.2, -0.15) is 0 Å². The van der Waals surface area contributed by atoms with Crippen LogP contribution in [-0.2, 0) is 4.79 Å². The first-order valence-electron chi connectivity index (χ1n) is 4.11. The van der Waals surface area contributed by atoms with E-state index in [0.717, 1.165) is 5.69 Å². The summed E-state index contributed by atoms with van der Waals surface area (Å²) in [6.07, 6.45) is 1.72. The molecule has 1 atom stereocenters. The summed E-state index contributed by atoms with van der Waals surface area (Å²) in [6.45, 7) is 3.67. The predicted octanol–water partition coefficient (Wildman–Crippen LogP) is 1.36. The quantitative estimate of drug-likeness (QED) is 0.762. The van der Waals surface area contributed by atoms with Gasteiger partial charge in [-0.15, -0.1) is 0 Å².